The molecule has 3 nitrogen and oxygen atoms in total. The van der Waals surface area contributed by atoms with Gasteiger partial charge in [0.25, 0.3) is 0 Å². The molecular formula is C23H18BNO2. The van der Waals surface area contributed by atoms with Gasteiger partial charge in [-0.15, -0.1) is 0 Å². The molecule has 0 fully saturated rings. The van der Waals surface area contributed by atoms with Gasteiger partial charge in [0, 0.05) is 11.1 Å². The van der Waals surface area contributed by atoms with E-state index in [0.717, 1.165) is 33.6 Å². The van der Waals surface area contributed by atoms with Crippen LogP contribution in [-0.4, -0.2) is 17.7 Å². The molecule has 4 aromatic rings. The van der Waals surface area contributed by atoms with Crippen LogP contribution in [0.4, 0.5) is 0 Å². The number of benzene rings is 3. The highest BCUT2D eigenvalue weighted by molar-refractivity contribution is 6.17. The summed E-state index contributed by atoms with van der Waals surface area (Å²) in [6.07, 6.45) is 0. The molecule has 0 unspecified atom stereocenters. The Bertz CT molecular complexity index is 979. The summed E-state index contributed by atoms with van der Waals surface area (Å²) in [6, 6.07) is 32.2. The molecule has 0 aliphatic carbocycles. The minimum absolute atomic E-state index is 0.343. The van der Waals surface area contributed by atoms with E-state index in [-0.39, 0.29) is 7.69 Å². The van der Waals surface area contributed by atoms with Crippen molar-refractivity contribution < 1.29 is 9.68 Å². The molecule has 130 valence electrons. The van der Waals surface area contributed by atoms with Gasteiger partial charge < -0.3 is 9.68 Å². The Kier molecular flexibility index (Phi) is 4.99. The molecule has 3 aromatic carbocycles. The maximum absolute atomic E-state index is 9.03. The van der Waals surface area contributed by atoms with Gasteiger partial charge in [0.1, 0.15) is 5.75 Å². The van der Waals surface area contributed by atoms with Crippen LogP contribution in [0, 0.1) is 0 Å². The molecule has 0 spiro atoms. The van der Waals surface area contributed by atoms with E-state index in [9.17, 15) is 0 Å². The second-order valence-electron chi connectivity index (χ2n) is 6.16. The molecule has 0 bridgehead atoms. The molecule has 4 rings (SSSR count). The smallest absolute Gasteiger partial charge is 0.504 e. The van der Waals surface area contributed by atoms with E-state index in [1.54, 1.807) is 0 Å². The van der Waals surface area contributed by atoms with Crippen molar-refractivity contribution >= 4 is 7.69 Å². The highest BCUT2D eigenvalue weighted by Crippen LogP contribution is 2.31. The van der Waals surface area contributed by atoms with Crippen LogP contribution in [0.15, 0.2) is 97.1 Å². The summed E-state index contributed by atoms with van der Waals surface area (Å²) in [5.41, 5.74) is 6.03. The molecule has 4 heteroatoms. The number of nitrogens with zero attached hydrogens (tertiary/aromatic N) is 1. The maximum Gasteiger partial charge on any atom is 0.504 e. The average Bonchev–Trinajstić information content (AvgIpc) is 2.75. The van der Waals surface area contributed by atoms with E-state index in [1.807, 2.05) is 60.7 Å². The van der Waals surface area contributed by atoms with Gasteiger partial charge in [-0.05, 0) is 35.4 Å². The van der Waals surface area contributed by atoms with Crippen LogP contribution in [0.25, 0.3) is 33.6 Å². The van der Waals surface area contributed by atoms with Gasteiger partial charge in [0.15, 0.2) is 0 Å². The quantitative estimate of drug-likeness (QED) is 0.529. The van der Waals surface area contributed by atoms with Crippen molar-refractivity contribution in [3.05, 3.63) is 97.1 Å². The number of hydrogen-bond donors (Lipinski definition) is 1. The minimum atomic E-state index is -0.343. The first-order chi connectivity index (χ1) is 13.3. The first-order valence-corrected chi connectivity index (χ1v) is 8.80. The molecule has 0 amide bonds. The maximum atomic E-state index is 9.03. The zero-order valence-corrected chi connectivity index (χ0v) is 14.7. The van der Waals surface area contributed by atoms with Crippen LogP contribution in [0.5, 0.6) is 5.75 Å². The first-order valence-electron chi connectivity index (χ1n) is 8.80. The summed E-state index contributed by atoms with van der Waals surface area (Å²) >= 11 is 0. The zero-order chi connectivity index (χ0) is 18.5. The second-order valence-corrected chi connectivity index (χ2v) is 6.16. The molecule has 1 heterocycles. The van der Waals surface area contributed by atoms with Crippen LogP contribution in [-0.2, 0) is 0 Å². The van der Waals surface area contributed by atoms with Crippen LogP contribution < -0.4 is 4.65 Å². The predicted octanol–water partition coefficient (Wildman–Crippen LogP) is 4.72. The van der Waals surface area contributed by atoms with E-state index in [0.29, 0.717) is 5.75 Å². The topological polar surface area (TPSA) is 42.4 Å². The molecular weight excluding hydrogens is 333 g/mol. The summed E-state index contributed by atoms with van der Waals surface area (Å²) in [6.45, 7) is 0. The summed E-state index contributed by atoms with van der Waals surface area (Å²) in [4.78, 5) is 4.89. The highest BCUT2D eigenvalue weighted by Gasteiger charge is 2.09. The van der Waals surface area contributed by atoms with Crippen molar-refractivity contribution in [3.8, 4) is 39.4 Å². The molecule has 0 saturated heterocycles. The van der Waals surface area contributed by atoms with Gasteiger partial charge in [0.2, 0.25) is 0 Å². The number of aromatic nitrogens is 1. The van der Waals surface area contributed by atoms with Crippen LogP contribution in [0.1, 0.15) is 0 Å². The standard InChI is InChI=1S/C23H18BNO2/c26-24-27-21-13-7-12-19(14-21)20-15-22(17-8-3-1-4-9-17)25-23(16-20)18-10-5-2-6-11-18/h1-16,24,26H. The van der Waals surface area contributed by atoms with Crippen molar-refractivity contribution in [1.82, 2.24) is 4.98 Å². The van der Waals surface area contributed by atoms with Crippen LogP contribution in [0.3, 0.4) is 0 Å². The average molecular weight is 351 g/mol. The molecule has 0 aliphatic rings. The third-order valence-electron chi connectivity index (χ3n) is 4.36. The van der Waals surface area contributed by atoms with E-state index in [1.165, 1.54) is 0 Å². The SMILES string of the molecule is OBOc1cccc(-c2cc(-c3ccccc3)nc(-c3ccccc3)c2)c1. The molecule has 27 heavy (non-hydrogen) atoms. The van der Waals surface area contributed by atoms with Crippen molar-refractivity contribution in [2.75, 3.05) is 0 Å². The Morgan fingerprint density at radius 3 is 1.70 bits per heavy atom. The Morgan fingerprint density at radius 2 is 1.15 bits per heavy atom. The van der Waals surface area contributed by atoms with Crippen molar-refractivity contribution in [3.63, 3.8) is 0 Å². The van der Waals surface area contributed by atoms with E-state index in [2.05, 4.69) is 36.4 Å². The number of rotatable bonds is 5. The molecule has 0 radical (unpaired) electrons. The van der Waals surface area contributed by atoms with Crippen LogP contribution in [0.2, 0.25) is 0 Å². The predicted molar refractivity (Wildman–Crippen MR) is 111 cm³/mol. The fourth-order valence-corrected chi connectivity index (χ4v) is 3.05. The monoisotopic (exact) mass is 351 g/mol. The lowest BCUT2D eigenvalue weighted by molar-refractivity contribution is 0.454. The lowest BCUT2D eigenvalue weighted by Gasteiger charge is -2.11. The largest absolute Gasteiger partial charge is 0.539 e. The van der Waals surface area contributed by atoms with E-state index in [4.69, 9.17) is 14.7 Å². The third-order valence-corrected chi connectivity index (χ3v) is 4.36. The fourth-order valence-electron chi connectivity index (χ4n) is 3.05. The molecule has 0 aliphatic heterocycles. The Hall–Kier alpha value is -3.37. The summed E-state index contributed by atoms with van der Waals surface area (Å²) < 4.78 is 5.24. The molecule has 0 saturated carbocycles. The van der Waals surface area contributed by atoms with Crippen molar-refractivity contribution in [2.24, 2.45) is 0 Å². The summed E-state index contributed by atoms with van der Waals surface area (Å²) in [7, 11) is -0.343. The summed E-state index contributed by atoms with van der Waals surface area (Å²) in [5, 5.41) is 9.03. The van der Waals surface area contributed by atoms with Gasteiger partial charge in [0.05, 0.1) is 11.4 Å². The zero-order valence-electron chi connectivity index (χ0n) is 14.7. The molecule has 1 N–H and O–H groups in total. The first kappa shape index (κ1) is 17.1. The second kappa shape index (κ2) is 7.89. The summed E-state index contributed by atoms with van der Waals surface area (Å²) in [5.74, 6) is 0.634. The van der Waals surface area contributed by atoms with E-state index >= 15 is 0 Å². The van der Waals surface area contributed by atoms with Gasteiger partial charge in [-0.25, -0.2) is 4.98 Å². The van der Waals surface area contributed by atoms with Gasteiger partial charge >= 0.3 is 7.69 Å². The minimum Gasteiger partial charge on any atom is -0.539 e. The normalized spacial score (nSPS) is 10.4. The van der Waals surface area contributed by atoms with Gasteiger partial charge in [-0.1, -0.05) is 72.8 Å². The number of hydrogen-bond acceptors (Lipinski definition) is 3. The Labute approximate surface area is 159 Å². The molecule has 0 atom stereocenters. The van der Waals surface area contributed by atoms with Crippen molar-refractivity contribution in [1.29, 1.82) is 0 Å². The Balaban J connectivity index is 1.87. The van der Waals surface area contributed by atoms with Gasteiger partial charge in [-0.3, -0.25) is 0 Å². The fraction of sp³-hybridized carbons (Fsp3) is 0. The van der Waals surface area contributed by atoms with Crippen molar-refractivity contribution in [2.45, 2.75) is 0 Å². The lowest BCUT2D eigenvalue weighted by atomic mass is 10.00. The molecule has 1 aromatic heterocycles. The van der Waals surface area contributed by atoms with Gasteiger partial charge in [-0.2, -0.15) is 0 Å². The highest BCUT2D eigenvalue weighted by atomic mass is 16.5. The lowest BCUT2D eigenvalue weighted by Crippen LogP contribution is -1.99. The van der Waals surface area contributed by atoms with Crippen LogP contribution >= 0.6 is 0 Å². The Morgan fingerprint density at radius 1 is 0.593 bits per heavy atom. The third kappa shape index (κ3) is 3.91. The van der Waals surface area contributed by atoms with E-state index < -0.39 is 0 Å². The number of pyridine rings is 1.